The summed E-state index contributed by atoms with van der Waals surface area (Å²) in [6.45, 7) is 2.29. The fraction of sp³-hybridized carbons (Fsp3) is 0. The van der Waals surface area contributed by atoms with Gasteiger partial charge in [-0.3, -0.25) is 0 Å². The van der Waals surface area contributed by atoms with Crippen LogP contribution in [0.1, 0.15) is 0 Å². The number of aromatic nitrogens is 2. The number of benzene rings is 9. The van der Waals surface area contributed by atoms with Crippen LogP contribution in [0.5, 0.6) is 11.5 Å². The van der Waals surface area contributed by atoms with Gasteiger partial charge in [0.15, 0.2) is 0 Å². The monoisotopic (exact) mass is 1050 g/mol. The Hall–Kier alpha value is -7.76. The normalized spacial score (nSPS) is 13.6. The van der Waals surface area contributed by atoms with Crippen molar-refractivity contribution in [3.05, 3.63) is 237 Å². The van der Waals surface area contributed by atoms with Crippen LogP contribution in [0.3, 0.4) is 0 Å². The predicted molar refractivity (Wildman–Crippen MR) is 271 cm³/mol. The summed E-state index contributed by atoms with van der Waals surface area (Å²) < 4.78 is 9.08. The third-order valence-electron chi connectivity index (χ3n) is 13.7. The fourth-order valence-electron chi connectivity index (χ4n) is 11.1. The molecule has 0 aliphatic carbocycles. The van der Waals surface area contributed by atoms with Crippen molar-refractivity contribution in [1.29, 1.82) is 0 Å². The first kappa shape index (κ1) is 39.6. The molecule has 5 heterocycles. The van der Waals surface area contributed by atoms with Crippen molar-refractivity contribution < 1.29 is 25.8 Å². The Morgan fingerprint density at radius 1 is 0.448 bits per heavy atom. The summed E-state index contributed by atoms with van der Waals surface area (Å²) >= 11 is 0. The van der Waals surface area contributed by atoms with Gasteiger partial charge in [-0.15, -0.1) is 41.5 Å². The Kier molecular flexibility index (Phi) is 9.11. The Balaban J connectivity index is 0.00000446. The number of pyridine rings is 1. The summed E-state index contributed by atoms with van der Waals surface area (Å²) in [4.78, 5) is 9.56. The number of hydrogen-bond acceptors (Lipinski definition) is 4. The molecule has 11 aromatic rings. The van der Waals surface area contributed by atoms with Crippen molar-refractivity contribution in [2.24, 2.45) is 0 Å². The van der Waals surface area contributed by atoms with E-state index in [-0.39, 0.29) is 21.1 Å². The molecule has 320 valence electrons. The number of ether oxygens (including phenoxy) is 1. The van der Waals surface area contributed by atoms with Crippen molar-refractivity contribution in [1.82, 2.24) is 9.55 Å². The van der Waals surface area contributed by atoms with E-state index in [4.69, 9.17) is 9.72 Å². The Morgan fingerprint density at radius 3 is 1.76 bits per heavy atom. The van der Waals surface area contributed by atoms with Crippen LogP contribution in [0, 0.1) is 18.8 Å². The summed E-state index contributed by atoms with van der Waals surface area (Å²) in [5.74, 6) is 2.06. The van der Waals surface area contributed by atoms with Crippen LogP contribution in [0.15, 0.2) is 219 Å². The van der Waals surface area contributed by atoms with E-state index in [1.807, 2.05) is 30.5 Å². The third kappa shape index (κ3) is 5.73. The molecule has 0 unspecified atom stereocenters. The zero-order valence-corrected chi connectivity index (χ0v) is 39.1. The summed E-state index contributed by atoms with van der Waals surface area (Å²) in [6.07, 6.45) is 1.83. The van der Waals surface area contributed by atoms with E-state index < -0.39 is 8.07 Å². The minimum absolute atomic E-state index is 0. The van der Waals surface area contributed by atoms with Crippen molar-refractivity contribution in [3.63, 3.8) is 0 Å². The molecule has 9 aromatic carbocycles. The van der Waals surface area contributed by atoms with Crippen molar-refractivity contribution in [2.75, 3.05) is 9.80 Å². The van der Waals surface area contributed by atoms with Gasteiger partial charge in [-0.05, 0) is 67.5 Å². The van der Waals surface area contributed by atoms with Crippen LogP contribution in [0.2, 0.25) is 0 Å². The molecule has 0 amide bonds. The molecular weight excluding hydrogens is 1020 g/mol. The quantitative estimate of drug-likeness (QED) is 0.123. The van der Waals surface area contributed by atoms with Crippen LogP contribution in [-0.4, -0.2) is 17.6 Å². The van der Waals surface area contributed by atoms with Crippen molar-refractivity contribution in [3.8, 4) is 50.7 Å². The summed E-state index contributed by atoms with van der Waals surface area (Å²) in [5.41, 5.74) is 13.7. The second-order valence-corrected chi connectivity index (χ2v) is 20.8. The molecule has 5 nitrogen and oxygen atoms in total. The standard InChI is InChI=1S/C60H37N4OSi.Pt/c1-3-17-40(18-4-1)44-24-15-25-45(41-19-5-2-6-20-41)59(44)62-39-63-53-38-43(65-42-32-34-47-46-21-7-10-26-50(46)64(52(47)37-42)58-31-13-14-36-61-58)33-35-56(53)66(57-30-16-27-51(62)60(57)63)54-28-11-8-22-48(54)49-23-9-12-29-55(49)66;/h1-36,39H;/q-3;. The molecule has 3 aliphatic heterocycles. The first-order valence-corrected chi connectivity index (χ1v) is 24.4. The maximum Gasteiger partial charge on any atom is 0.135 e. The van der Waals surface area contributed by atoms with Crippen LogP contribution in [-0.2, 0) is 21.1 Å². The van der Waals surface area contributed by atoms with Crippen molar-refractivity contribution in [2.45, 2.75) is 0 Å². The zero-order valence-electron chi connectivity index (χ0n) is 35.9. The molecule has 7 heteroatoms. The second-order valence-electron chi connectivity index (χ2n) is 17.1. The van der Waals surface area contributed by atoms with E-state index in [0.29, 0.717) is 11.5 Å². The molecule has 3 aliphatic rings. The maximum absolute atomic E-state index is 6.91. The molecule has 67 heavy (non-hydrogen) atoms. The molecule has 14 rings (SSSR count). The molecule has 0 radical (unpaired) electrons. The average molecular weight is 1050 g/mol. The minimum atomic E-state index is -2.93. The predicted octanol–water partition coefficient (Wildman–Crippen LogP) is 12.0. The molecule has 0 saturated carbocycles. The summed E-state index contributed by atoms with van der Waals surface area (Å²) in [6, 6.07) is 84.0. The summed E-state index contributed by atoms with van der Waals surface area (Å²) in [5, 5.41) is 7.68. The molecule has 2 aromatic heterocycles. The van der Waals surface area contributed by atoms with E-state index in [2.05, 4.69) is 221 Å². The number of anilines is 4. The number of fused-ring (bicyclic) bond motifs is 12. The van der Waals surface area contributed by atoms with Crippen LogP contribution in [0.25, 0.3) is 61.0 Å². The molecule has 0 atom stereocenters. The molecule has 0 saturated heterocycles. The van der Waals surface area contributed by atoms with Gasteiger partial charge in [-0.2, -0.15) is 12.1 Å². The fourth-order valence-corrected chi connectivity index (χ4v) is 16.6. The van der Waals surface area contributed by atoms with Gasteiger partial charge in [0, 0.05) is 72.5 Å². The number of rotatable bonds is 6. The smallest absolute Gasteiger partial charge is 0.135 e. The van der Waals surface area contributed by atoms with Gasteiger partial charge in [-0.1, -0.05) is 175 Å². The van der Waals surface area contributed by atoms with Gasteiger partial charge in [-0.25, -0.2) is 4.98 Å². The largest absolute Gasteiger partial charge is 0.509 e. The molecule has 0 bridgehead atoms. The van der Waals surface area contributed by atoms with Crippen LogP contribution in [0.4, 0.5) is 22.7 Å². The topological polar surface area (TPSA) is 33.5 Å². The zero-order chi connectivity index (χ0) is 43.3. The van der Waals surface area contributed by atoms with Crippen LogP contribution < -0.4 is 35.3 Å². The summed E-state index contributed by atoms with van der Waals surface area (Å²) in [7, 11) is -2.93. The molecule has 1 spiro atoms. The molecule has 0 N–H and O–H groups in total. The number of para-hydroxylation sites is 3. The van der Waals surface area contributed by atoms with Gasteiger partial charge in [0.05, 0.1) is 0 Å². The maximum atomic E-state index is 6.91. The first-order valence-electron chi connectivity index (χ1n) is 22.4. The van der Waals surface area contributed by atoms with Gasteiger partial charge in [0.25, 0.3) is 0 Å². The third-order valence-corrected chi connectivity index (χ3v) is 18.7. The van der Waals surface area contributed by atoms with Crippen LogP contribution >= 0.6 is 0 Å². The van der Waals surface area contributed by atoms with E-state index >= 15 is 0 Å². The SMILES string of the molecule is [Pt].[c-]1c(Oc2[c-]c3c(cc2)c2ccccc2n3-c2ccccn2)ccc2c1N1[CH-]N(c3c(-c4ccccc4)cccc3-c3ccccc3)c3cccc(c31)[Si]21c2ccccc2-c2ccccc21. The Bertz CT molecular complexity index is 3640. The number of nitrogens with zero attached hydrogens (tertiary/aromatic N) is 4. The average Bonchev–Trinajstić information content (AvgIpc) is 4.03. The van der Waals surface area contributed by atoms with E-state index in [0.717, 1.165) is 66.9 Å². The van der Waals surface area contributed by atoms with Gasteiger partial charge < -0.3 is 19.1 Å². The molecular formula is C60H37N4OPtSi-3. The molecule has 0 fully saturated rings. The van der Waals surface area contributed by atoms with E-state index in [1.165, 1.54) is 37.6 Å². The minimum Gasteiger partial charge on any atom is -0.509 e. The first-order chi connectivity index (χ1) is 32.8. The van der Waals surface area contributed by atoms with E-state index in [1.54, 1.807) is 0 Å². The van der Waals surface area contributed by atoms with Gasteiger partial charge >= 0.3 is 0 Å². The Morgan fingerprint density at radius 2 is 1.04 bits per heavy atom. The second kappa shape index (κ2) is 15.4. The van der Waals surface area contributed by atoms with Crippen molar-refractivity contribution >= 4 is 73.4 Å². The van der Waals surface area contributed by atoms with E-state index in [9.17, 15) is 0 Å². The van der Waals surface area contributed by atoms with Gasteiger partial charge in [0.2, 0.25) is 0 Å². The Labute approximate surface area is 404 Å². The number of hydrogen-bond donors (Lipinski definition) is 0. The van der Waals surface area contributed by atoms with Gasteiger partial charge in [0.1, 0.15) is 13.9 Å².